The summed E-state index contributed by atoms with van der Waals surface area (Å²) in [7, 11) is 0. The maximum absolute atomic E-state index is 11.7. The summed E-state index contributed by atoms with van der Waals surface area (Å²) in [4.78, 5) is 25.1. The number of rotatable bonds is 4. The van der Waals surface area contributed by atoms with Gasteiger partial charge < -0.3 is 9.64 Å². The molecule has 0 aromatic carbocycles. The van der Waals surface area contributed by atoms with Gasteiger partial charge in [-0.1, -0.05) is 13.0 Å². The molecule has 0 aromatic heterocycles. The van der Waals surface area contributed by atoms with Gasteiger partial charge in [-0.25, -0.2) is 0 Å². The Morgan fingerprint density at radius 2 is 2.38 bits per heavy atom. The van der Waals surface area contributed by atoms with E-state index in [1.165, 1.54) is 0 Å². The van der Waals surface area contributed by atoms with E-state index >= 15 is 0 Å². The van der Waals surface area contributed by atoms with Crippen LogP contribution in [0.15, 0.2) is 12.7 Å². The molecule has 0 spiro atoms. The third-order valence-electron chi connectivity index (χ3n) is 2.88. The molecule has 4 heteroatoms. The molecule has 2 atom stereocenters. The zero-order valence-corrected chi connectivity index (χ0v) is 9.94. The van der Waals surface area contributed by atoms with Gasteiger partial charge >= 0.3 is 5.97 Å². The molecule has 0 bridgehead atoms. The molecule has 90 valence electrons. The van der Waals surface area contributed by atoms with Crippen LogP contribution < -0.4 is 0 Å². The highest BCUT2D eigenvalue weighted by Gasteiger charge is 2.36. The van der Waals surface area contributed by atoms with E-state index in [-0.39, 0.29) is 30.1 Å². The molecule has 16 heavy (non-hydrogen) atoms. The topological polar surface area (TPSA) is 46.6 Å². The summed E-state index contributed by atoms with van der Waals surface area (Å²) in [5.41, 5.74) is 0. The number of hydrogen-bond acceptors (Lipinski definition) is 3. The van der Waals surface area contributed by atoms with Gasteiger partial charge in [0, 0.05) is 19.5 Å². The quantitative estimate of drug-likeness (QED) is 0.534. The van der Waals surface area contributed by atoms with Gasteiger partial charge in [0.15, 0.2) is 0 Å². The van der Waals surface area contributed by atoms with Gasteiger partial charge in [0.1, 0.15) is 0 Å². The second-order valence-electron chi connectivity index (χ2n) is 4.13. The molecule has 0 saturated carbocycles. The van der Waals surface area contributed by atoms with Crippen LogP contribution in [0.2, 0.25) is 0 Å². The van der Waals surface area contributed by atoms with Crippen molar-refractivity contribution in [3.63, 3.8) is 0 Å². The van der Waals surface area contributed by atoms with Crippen molar-refractivity contribution in [2.24, 2.45) is 11.8 Å². The largest absolute Gasteiger partial charge is 0.466 e. The lowest BCUT2D eigenvalue weighted by molar-refractivity contribution is -0.156. The number of piperidine rings is 1. The third kappa shape index (κ3) is 2.84. The summed E-state index contributed by atoms with van der Waals surface area (Å²) in [6, 6.07) is 0. The monoisotopic (exact) mass is 225 g/mol. The van der Waals surface area contributed by atoms with Gasteiger partial charge in [-0.2, -0.15) is 0 Å². The minimum absolute atomic E-state index is 0.0102. The molecule has 1 rings (SSSR count). The second-order valence-corrected chi connectivity index (χ2v) is 4.13. The molecule has 4 nitrogen and oxygen atoms in total. The Kier molecular flexibility index (Phi) is 4.52. The molecule has 0 radical (unpaired) electrons. The highest BCUT2D eigenvalue weighted by molar-refractivity contribution is 5.84. The molecule has 0 aliphatic carbocycles. The predicted octanol–water partition coefficient (Wildman–Crippen LogP) is 1.22. The van der Waals surface area contributed by atoms with E-state index in [4.69, 9.17) is 4.74 Å². The Labute approximate surface area is 96.3 Å². The van der Waals surface area contributed by atoms with Crippen LogP contribution >= 0.6 is 0 Å². The van der Waals surface area contributed by atoms with Gasteiger partial charge in [-0.15, -0.1) is 6.58 Å². The summed E-state index contributed by atoms with van der Waals surface area (Å²) < 4.78 is 4.97. The van der Waals surface area contributed by atoms with E-state index in [0.717, 1.165) is 0 Å². The lowest BCUT2D eigenvalue weighted by atomic mass is 9.86. The van der Waals surface area contributed by atoms with E-state index in [2.05, 4.69) is 6.58 Å². The van der Waals surface area contributed by atoms with Gasteiger partial charge in [-0.05, 0) is 12.8 Å². The Balaban J connectivity index is 2.62. The van der Waals surface area contributed by atoms with E-state index in [1.807, 2.05) is 6.92 Å². The highest BCUT2D eigenvalue weighted by Crippen LogP contribution is 2.25. The van der Waals surface area contributed by atoms with Crippen molar-refractivity contribution >= 4 is 11.9 Å². The first kappa shape index (κ1) is 12.7. The first-order valence-corrected chi connectivity index (χ1v) is 5.65. The Hall–Kier alpha value is -1.32. The number of ether oxygens (including phenoxy) is 1. The van der Waals surface area contributed by atoms with Crippen molar-refractivity contribution < 1.29 is 14.3 Å². The smallest absolute Gasteiger partial charge is 0.309 e. The Bertz CT molecular complexity index is 288. The van der Waals surface area contributed by atoms with Crippen molar-refractivity contribution in [3.05, 3.63) is 12.7 Å². The zero-order chi connectivity index (χ0) is 12.1. The Morgan fingerprint density at radius 3 is 2.94 bits per heavy atom. The highest BCUT2D eigenvalue weighted by atomic mass is 16.5. The molecule has 1 aliphatic heterocycles. The summed E-state index contributed by atoms with van der Waals surface area (Å²) in [5, 5.41) is 0. The molecule has 1 heterocycles. The lowest BCUT2D eigenvalue weighted by Crippen LogP contribution is -2.46. The summed E-state index contributed by atoms with van der Waals surface area (Å²) in [6.07, 6.45) is 1.96. The minimum Gasteiger partial charge on any atom is -0.466 e. The number of nitrogens with zero attached hydrogens (tertiary/aromatic N) is 1. The maximum atomic E-state index is 11.7. The van der Waals surface area contributed by atoms with Gasteiger partial charge in [0.25, 0.3) is 0 Å². The van der Waals surface area contributed by atoms with Crippen molar-refractivity contribution in [2.45, 2.75) is 20.3 Å². The van der Waals surface area contributed by atoms with E-state index in [1.54, 1.807) is 17.9 Å². The summed E-state index contributed by atoms with van der Waals surface area (Å²) in [5.74, 6) is -0.372. The number of esters is 1. The number of likely N-dealkylation sites (tertiary alicyclic amines) is 1. The van der Waals surface area contributed by atoms with Crippen LogP contribution in [-0.2, 0) is 14.3 Å². The molecule has 1 fully saturated rings. The lowest BCUT2D eigenvalue weighted by Gasteiger charge is -2.34. The van der Waals surface area contributed by atoms with Crippen LogP contribution in [0.4, 0.5) is 0 Å². The summed E-state index contributed by atoms with van der Waals surface area (Å²) in [6.45, 7) is 8.89. The van der Waals surface area contributed by atoms with Crippen LogP contribution in [0.3, 0.4) is 0 Å². The molecular weight excluding hydrogens is 206 g/mol. The molecule has 1 amide bonds. The molecular formula is C12H19NO3. The van der Waals surface area contributed by atoms with Gasteiger partial charge in [-0.3, -0.25) is 9.59 Å². The normalized spacial score (nSPS) is 25.4. The van der Waals surface area contributed by atoms with Crippen LogP contribution in [-0.4, -0.2) is 36.5 Å². The van der Waals surface area contributed by atoms with Crippen LogP contribution in [0.5, 0.6) is 0 Å². The van der Waals surface area contributed by atoms with E-state index in [9.17, 15) is 9.59 Å². The van der Waals surface area contributed by atoms with Crippen molar-refractivity contribution in [2.75, 3.05) is 19.7 Å². The molecule has 1 saturated heterocycles. The molecule has 0 N–H and O–H groups in total. The van der Waals surface area contributed by atoms with Crippen LogP contribution in [0.1, 0.15) is 20.3 Å². The van der Waals surface area contributed by atoms with E-state index < -0.39 is 0 Å². The average Bonchev–Trinajstić information content (AvgIpc) is 2.23. The van der Waals surface area contributed by atoms with E-state index in [0.29, 0.717) is 19.7 Å². The SMILES string of the molecule is C=CCN1CC(C)C(C(=O)OCC)CC1=O. The van der Waals surface area contributed by atoms with Crippen LogP contribution in [0, 0.1) is 11.8 Å². The van der Waals surface area contributed by atoms with Crippen LogP contribution in [0.25, 0.3) is 0 Å². The average molecular weight is 225 g/mol. The number of carbonyl (C=O) groups is 2. The fourth-order valence-corrected chi connectivity index (χ4v) is 1.99. The third-order valence-corrected chi connectivity index (χ3v) is 2.88. The molecule has 0 aromatic rings. The molecule has 1 aliphatic rings. The van der Waals surface area contributed by atoms with Gasteiger partial charge in [0.2, 0.25) is 5.91 Å². The number of hydrogen-bond donors (Lipinski definition) is 0. The fourth-order valence-electron chi connectivity index (χ4n) is 1.99. The Morgan fingerprint density at radius 1 is 1.69 bits per heavy atom. The van der Waals surface area contributed by atoms with Crippen molar-refractivity contribution in [1.29, 1.82) is 0 Å². The number of carbonyl (C=O) groups excluding carboxylic acids is 2. The standard InChI is InChI=1S/C12H19NO3/c1-4-6-13-8-9(3)10(7-11(13)14)12(15)16-5-2/h4,9-10H,1,5-8H2,2-3H3. The molecule has 2 unspecified atom stereocenters. The number of amides is 1. The second kappa shape index (κ2) is 5.68. The van der Waals surface area contributed by atoms with Gasteiger partial charge in [0.05, 0.1) is 12.5 Å². The fraction of sp³-hybridized carbons (Fsp3) is 0.667. The first-order chi connectivity index (χ1) is 7.60. The maximum Gasteiger partial charge on any atom is 0.309 e. The van der Waals surface area contributed by atoms with Crippen molar-refractivity contribution in [3.8, 4) is 0 Å². The predicted molar refractivity (Wildman–Crippen MR) is 60.7 cm³/mol. The van der Waals surface area contributed by atoms with Crippen molar-refractivity contribution in [1.82, 2.24) is 4.90 Å². The summed E-state index contributed by atoms with van der Waals surface area (Å²) >= 11 is 0. The minimum atomic E-state index is -0.284. The zero-order valence-electron chi connectivity index (χ0n) is 9.94. The first-order valence-electron chi connectivity index (χ1n) is 5.65.